The maximum absolute atomic E-state index is 12.5. The average Bonchev–Trinajstić information content (AvgIpc) is 2.83. The summed E-state index contributed by atoms with van der Waals surface area (Å²) in [6, 6.07) is 21.7. The van der Waals surface area contributed by atoms with Gasteiger partial charge >= 0.3 is 0 Å². The van der Waals surface area contributed by atoms with E-state index in [2.05, 4.69) is 17.4 Å². The molecular formula is C23H19ClN2OS. The summed E-state index contributed by atoms with van der Waals surface area (Å²) in [4.78, 5) is 19.6. The Bertz CT molecular complexity index is 1090. The first-order valence-electron chi connectivity index (χ1n) is 9.08. The smallest absolute Gasteiger partial charge is 0.251 e. The lowest BCUT2D eigenvalue weighted by Gasteiger charge is -2.10. The number of benzene rings is 3. The Balaban J connectivity index is 1.88. The molecule has 0 unspecified atom stereocenters. The minimum Gasteiger partial charge on any atom is -0.350 e. The summed E-state index contributed by atoms with van der Waals surface area (Å²) in [7, 11) is 0. The molecule has 1 amide bonds. The molecular weight excluding hydrogens is 388 g/mol. The summed E-state index contributed by atoms with van der Waals surface area (Å²) in [5.74, 6) is -0.0935. The van der Waals surface area contributed by atoms with Crippen LogP contribution in [0.2, 0.25) is 5.02 Å². The molecule has 0 spiro atoms. The lowest BCUT2D eigenvalue weighted by atomic mass is 10.0. The molecule has 0 fully saturated rings. The molecule has 1 heterocycles. The highest BCUT2D eigenvalue weighted by atomic mass is 35.5. The summed E-state index contributed by atoms with van der Waals surface area (Å²) in [6.07, 6.45) is 0. The zero-order valence-corrected chi connectivity index (χ0v) is 17.1. The van der Waals surface area contributed by atoms with Crippen molar-refractivity contribution in [3.8, 4) is 0 Å². The van der Waals surface area contributed by atoms with Gasteiger partial charge in [0.1, 0.15) is 0 Å². The molecule has 1 aliphatic heterocycles. The molecule has 1 N–H and O–H groups in total. The fraction of sp³-hybridized carbons (Fsp3) is 0.130. The first-order valence-corrected chi connectivity index (χ1v) is 10.3. The van der Waals surface area contributed by atoms with Crippen LogP contribution in [0.5, 0.6) is 0 Å². The van der Waals surface area contributed by atoms with Crippen LogP contribution in [0.3, 0.4) is 0 Å². The number of nitrogens with zero attached hydrogens (tertiary/aromatic N) is 1. The van der Waals surface area contributed by atoms with Crippen molar-refractivity contribution >= 4 is 40.7 Å². The fourth-order valence-corrected chi connectivity index (χ4v) is 4.28. The predicted molar refractivity (Wildman–Crippen MR) is 116 cm³/mol. The van der Waals surface area contributed by atoms with Crippen molar-refractivity contribution in [2.45, 2.75) is 29.7 Å². The van der Waals surface area contributed by atoms with Crippen LogP contribution in [-0.4, -0.2) is 17.7 Å². The Morgan fingerprint density at radius 2 is 1.82 bits per heavy atom. The largest absolute Gasteiger partial charge is 0.350 e. The molecule has 0 radical (unpaired) electrons. The van der Waals surface area contributed by atoms with Crippen LogP contribution >= 0.6 is 23.4 Å². The average molecular weight is 407 g/mol. The number of carbonyl (C=O) groups excluding carboxylic acids is 1. The molecule has 1 aliphatic rings. The molecule has 0 saturated heterocycles. The number of carbonyl (C=O) groups is 1. The van der Waals surface area contributed by atoms with Gasteiger partial charge in [0.05, 0.1) is 11.4 Å². The van der Waals surface area contributed by atoms with Gasteiger partial charge in [0.2, 0.25) is 0 Å². The fourth-order valence-electron chi connectivity index (χ4n) is 3.08. The van der Waals surface area contributed by atoms with E-state index in [4.69, 9.17) is 16.6 Å². The number of fused-ring (bicyclic) bond motifs is 2. The molecule has 3 aromatic rings. The van der Waals surface area contributed by atoms with E-state index < -0.39 is 0 Å². The SMILES string of the molecule is CC(C)NC(=O)c1ccc2c(c1)N=C(c1cccc(Cl)c1)c1ccccc1S2. The van der Waals surface area contributed by atoms with E-state index >= 15 is 0 Å². The summed E-state index contributed by atoms with van der Waals surface area (Å²) in [5.41, 5.74) is 4.25. The Morgan fingerprint density at radius 1 is 1.00 bits per heavy atom. The van der Waals surface area contributed by atoms with Crippen molar-refractivity contribution in [1.29, 1.82) is 0 Å². The minimum atomic E-state index is -0.0935. The molecule has 3 nitrogen and oxygen atoms in total. The van der Waals surface area contributed by atoms with Crippen molar-refractivity contribution in [1.82, 2.24) is 5.32 Å². The van der Waals surface area contributed by atoms with E-state index in [1.807, 2.05) is 68.4 Å². The molecule has 140 valence electrons. The summed E-state index contributed by atoms with van der Waals surface area (Å²) in [5, 5.41) is 3.60. The van der Waals surface area contributed by atoms with Gasteiger partial charge in [-0.15, -0.1) is 0 Å². The highest BCUT2D eigenvalue weighted by molar-refractivity contribution is 7.99. The van der Waals surface area contributed by atoms with E-state index in [9.17, 15) is 4.79 Å². The monoisotopic (exact) mass is 406 g/mol. The Labute approximate surface area is 173 Å². The van der Waals surface area contributed by atoms with Gasteiger partial charge in [-0.2, -0.15) is 0 Å². The number of hydrogen-bond donors (Lipinski definition) is 1. The third-order valence-electron chi connectivity index (χ3n) is 4.33. The van der Waals surface area contributed by atoms with E-state index in [1.54, 1.807) is 11.8 Å². The maximum atomic E-state index is 12.5. The number of rotatable bonds is 3. The van der Waals surface area contributed by atoms with Gasteiger partial charge in [-0.1, -0.05) is 53.7 Å². The third-order valence-corrected chi connectivity index (χ3v) is 5.71. The van der Waals surface area contributed by atoms with E-state index in [0.29, 0.717) is 10.6 Å². The lowest BCUT2D eigenvalue weighted by Crippen LogP contribution is -2.29. The number of amides is 1. The second-order valence-corrected chi connectivity index (χ2v) is 8.40. The summed E-state index contributed by atoms with van der Waals surface area (Å²) < 4.78 is 0. The minimum absolute atomic E-state index is 0.0791. The van der Waals surface area contributed by atoms with Gasteiger partial charge in [0, 0.05) is 37.5 Å². The zero-order valence-electron chi connectivity index (χ0n) is 15.6. The van der Waals surface area contributed by atoms with Crippen molar-refractivity contribution < 1.29 is 4.79 Å². The van der Waals surface area contributed by atoms with Gasteiger partial charge in [-0.25, -0.2) is 4.99 Å². The Hall–Kier alpha value is -2.56. The first-order chi connectivity index (χ1) is 13.5. The second kappa shape index (κ2) is 7.82. The molecule has 0 bridgehead atoms. The Morgan fingerprint density at radius 3 is 2.61 bits per heavy atom. The molecule has 0 aromatic heterocycles. The molecule has 3 aromatic carbocycles. The van der Waals surface area contributed by atoms with E-state index in [0.717, 1.165) is 32.3 Å². The first kappa shape index (κ1) is 18.8. The topological polar surface area (TPSA) is 41.5 Å². The quantitative estimate of drug-likeness (QED) is 0.445. The summed E-state index contributed by atoms with van der Waals surface area (Å²) in [6.45, 7) is 3.90. The molecule has 0 saturated carbocycles. The Kier molecular flexibility index (Phi) is 5.25. The normalized spacial score (nSPS) is 12.6. The van der Waals surface area contributed by atoms with Crippen LogP contribution < -0.4 is 5.32 Å². The van der Waals surface area contributed by atoms with Gasteiger partial charge < -0.3 is 5.32 Å². The van der Waals surface area contributed by atoms with Crippen LogP contribution in [0.15, 0.2) is 81.5 Å². The van der Waals surface area contributed by atoms with Crippen LogP contribution in [0.4, 0.5) is 5.69 Å². The predicted octanol–water partition coefficient (Wildman–Crippen LogP) is 6.11. The zero-order chi connectivity index (χ0) is 19.7. The highest BCUT2D eigenvalue weighted by Crippen LogP contribution is 2.41. The van der Waals surface area contributed by atoms with Gasteiger partial charge in [-0.05, 0) is 50.2 Å². The molecule has 28 heavy (non-hydrogen) atoms. The van der Waals surface area contributed by atoms with Crippen molar-refractivity contribution in [3.63, 3.8) is 0 Å². The van der Waals surface area contributed by atoms with E-state index in [-0.39, 0.29) is 11.9 Å². The second-order valence-electron chi connectivity index (χ2n) is 6.88. The maximum Gasteiger partial charge on any atom is 0.251 e. The van der Waals surface area contributed by atoms with Crippen molar-refractivity contribution in [3.05, 3.63) is 88.4 Å². The van der Waals surface area contributed by atoms with Crippen LogP contribution in [0.25, 0.3) is 0 Å². The molecule has 5 heteroatoms. The number of hydrogen-bond acceptors (Lipinski definition) is 3. The van der Waals surface area contributed by atoms with Crippen molar-refractivity contribution in [2.24, 2.45) is 4.99 Å². The van der Waals surface area contributed by atoms with Gasteiger partial charge in [0.25, 0.3) is 5.91 Å². The van der Waals surface area contributed by atoms with Crippen LogP contribution in [0, 0.1) is 0 Å². The number of halogens is 1. The molecule has 0 aliphatic carbocycles. The third kappa shape index (κ3) is 3.84. The van der Waals surface area contributed by atoms with Crippen LogP contribution in [0.1, 0.15) is 35.3 Å². The van der Waals surface area contributed by atoms with E-state index in [1.165, 1.54) is 0 Å². The highest BCUT2D eigenvalue weighted by Gasteiger charge is 2.20. The number of nitrogens with one attached hydrogen (secondary N) is 1. The lowest BCUT2D eigenvalue weighted by molar-refractivity contribution is 0.0943. The van der Waals surface area contributed by atoms with Gasteiger partial charge in [0.15, 0.2) is 0 Å². The van der Waals surface area contributed by atoms with Crippen molar-refractivity contribution in [2.75, 3.05) is 0 Å². The summed E-state index contributed by atoms with van der Waals surface area (Å²) >= 11 is 7.90. The van der Waals surface area contributed by atoms with Crippen LogP contribution in [-0.2, 0) is 0 Å². The molecule has 0 atom stereocenters. The van der Waals surface area contributed by atoms with Gasteiger partial charge in [-0.3, -0.25) is 4.79 Å². The number of aliphatic imine (C=N–C) groups is 1. The molecule has 4 rings (SSSR count). The standard InChI is InChI=1S/C23H19ClN2OS/c1-14(2)25-23(27)16-10-11-21-19(13-16)26-22(15-6-5-7-17(24)12-15)18-8-3-4-9-20(18)28-21/h3-14H,1-2H3,(H,25,27).